The van der Waals surface area contributed by atoms with Gasteiger partial charge in [0.15, 0.2) is 5.69 Å². The molecule has 2 amide bonds. The zero-order valence-corrected chi connectivity index (χ0v) is 15.3. The zero-order valence-electron chi connectivity index (χ0n) is 15.3. The van der Waals surface area contributed by atoms with Gasteiger partial charge in [-0.15, -0.1) is 0 Å². The maximum absolute atomic E-state index is 12.9. The maximum Gasteiger partial charge on any atom is 0.276 e. The van der Waals surface area contributed by atoms with Crippen molar-refractivity contribution in [2.24, 2.45) is 5.92 Å². The topological polar surface area (TPSA) is 91.0 Å². The molecule has 3 aromatic rings. The predicted molar refractivity (Wildman–Crippen MR) is 106 cm³/mol. The van der Waals surface area contributed by atoms with Gasteiger partial charge >= 0.3 is 0 Å². The van der Waals surface area contributed by atoms with E-state index in [2.05, 4.69) is 20.7 Å². The number of piperidine rings is 1. The monoisotopic (exact) mass is 375 g/mol. The van der Waals surface area contributed by atoms with Crippen molar-refractivity contribution in [3.8, 4) is 11.3 Å². The number of anilines is 1. The second-order valence-electron chi connectivity index (χ2n) is 6.81. The van der Waals surface area contributed by atoms with Gasteiger partial charge in [-0.1, -0.05) is 48.5 Å². The van der Waals surface area contributed by atoms with Crippen LogP contribution in [-0.2, 0) is 4.79 Å². The molecule has 1 aliphatic heterocycles. The summed E-state index contributed by atoms with van der Waals surface area (Å²) in [6.07, 6.45) is 1.26. The molecule has 7 heteroatoms. The molecule has 2 aromatic carbocycles. The van der Waals surface area contributed by atoms with Crippen LogP contribution in [0.15, 0.2) is 60.7 Å². The van der Waals surface area contributed by atoms with Crippen molar-refractivity contribution in [2.75, 3.05) is 18.4 Å². The summed E-state index contributed by atoms with van der Waals surface area (Å²) in [5, 5.41) is 13.7. The first-order valence-electron chi connectivity index (χ1n) is 9.34. The number of benzene rings is 2. The van der Waals surface area contributed by atoms with Gasteiger partial charge in [0.1, 0.15) is 5.69 Å². The summed E-state index contributed by atoms with van der Waals surface area (Å²) in [7, 11) is 0. The Morgan fingerprint density at radius 1 is 0.929 bits per heavy atom. The molecule has 7 nitrogen and oxygen atoms in total. The van der Waals surface area contributed by atoms with Gasteiger partial charge in [-0.25, -0.2) is 0 Å². The van der Waals surface area contributed by atoms with E-state index in [0.29, 0.717) is 37.3 Å². The summed E-state index contributed by atoms with van der Waals surface area (Å²) in [5.41, 5.74) is 2.51. The Bertz CT molecular complexity index is 947. The minimum absolute atomic E-state index is 0.00436. The first-order chi connectivity index (χ1) is 13.7. The summed E-state index contributed by atoms with van der Waals surface area (Å²) in [6.45, 7) is 1.04. The highest BCUT2D eigenvalue weighted by Gasteiger charge is 2.30. The molecule has 28 heavy (non-hydrogen) atoms. The number of likely N-dealkylation sites (tertiary alicyclic amines) is 1. The summed E-state index contributed by atoms with van der Waals surface area (Å²) in [6, 6.07) is 18.9. The molecule has 0 saturated carbocycles. The van der Waals surface area contributed by atoms with Crippen molar-refractivity contribution in [3.63, 3.8) is 0 Å². The molecule has 0 aliphatic carbocycles. The quantitative estimate of drug-likeness (QED) is 0.733. The standard InChI is InChI=1S/C21H21N5O2/c27-20(22-17-9-5-2-6-10-17)16-11-13-26(14-12-16)21(28)19-18(23-25-24-19)15-7-3-1-4-8-15/h1-10,16H,11-14H2,(H,22,27)(H,23,24,25). The summed E-state index contributed by atoms with van der Waals surface area (Å²) >= 11 is 0. The van der Waals surface area contributed by atoms with Crippen LogP contribution in [0.3, 0.4) is 0 Å². The number of aromatic amines is 1. The Labute approximate surface area is 162 Å². The summed E-state index contributed by atoms with van der Waals surface area (Å²) in [5.74, 6) is -0.255. The van der Waals surface area contributed by atoms with Gasteiger partial charge in [0.05, 0.1) is 0 Å². The number of carbonyl (C=O) groups is 2. The minimum Gasteiger partial charge on any atom is -0.337 e. The highest BCUT2D eigenvalue weighted by molar-refractivity contribution is 5.98. The third-order valence-corrected chi connectivity index (χ3v) is 4.99. The van der Waals surface area contributed by atoms with Crippen molar-refractivity contribution in [1.29, 1.82) is 0 Å². The lowest BCUT2D eigenvalue weighted by molar-refractivity contribution is -0.121. The summed E-state index contributed by atoms with van der Waals surface area (Å²) in [4.78, 5) is 27.1. The van der Waals surface area contributed by atoms with Crippen LogP contribution in [0.25, 0.3) is 11.3 Å². The molecule has 1 aliphatic rings. The highest BCUT2D eigenvalue weighted by Crippen LogP contribution is 2.24. The molecule has 1 fully saturated rings. The molecule has 1 saturated heterocycles. The second kappa shape index (κ2) is 8.04. The van der Waals surface area contributed by atoms with Gasteiger partial charge in [-0.3, -0.25) is 9.59 Å². The van der Waals surface area contributed by atoms with Crippen LogP contribution < -0.4 is 5.32 Å². The van der Waals surface area contributed by atoms with Gasteiger partial charge in [-0.05, 0) is 25.0 Å². The third kappa shape index (κ3) is 3.78. The smallest absolute Gasteiger partial charge is 0.276 e. The number of hydrogen-bond donors (Lipinski definition) is 2. The fourth-order valence-electron chi connectivity index (χ4n) is 3.44. The number of para-hydroxylation sites is 1. The van der Waals surface area contributed by atoms with Gasteiger partial charge in [0.2, 0.25) is 5.91 Å². The molecule has 142 valence electrons. The molecule has 0 spiro atoms. The van der Waals surface area contributed by atoms with E-state index in [1.54, 1.807) is 4.90 Å². The fraction of sp³-hybridized carbons (Fsp3) is 0.238. The average molecular weight is 375 g/mol. The van der Waals surface area contributed by atoms with Crippen LogP contribution >= 0.6 is 0 Å². The van der Waals surface area contributed by atoms with Crippen LogP contribution in [0.5, 0.6) is 0 Å². The Kier molecular flexibility index (Phi) is 5.14. The molecule has 2 heterocycles. The van der Waals surface area contributed by atoms with E-state index in [9.17, 15) is 9.59 Å². The number of amides is 2. The van der Waals surface area contributed by atoms with E-state index in [-0.39, 0.29) is 17.7 Å². The number of H-pyrrole nitrogens is 1. The third-order valence-electron chi connectivity index (χ3n) is 4.99. The number of nitrogens with one attached hydrogen (secondary N) is 2. The van der Waals surface area contributed by atoms with Gasteiger partial charge in [-0.2, -0.15) is 15.4 Å². The van der Waals surface area contributed by atoms with Gasteiger partial charge in [0, 0.05) is 30.3 Å². The first-order valence-corrected chi connectivity index (χ1v) is 9.34. The van der Waals surface area contributed by atoms with E-state index >= 15 is 0 Å². The number of nitrogens with zero attached hydrogens (tertiary/aromatic N) is 3. The molecule has 0 bridgehead atoms. The lowest BCUT2D eigenvalue weighted by atomic mass is 9.95. The van der Waals surface area contributed by atoms with Crippen molar-refractivity contribution in [1.82, 2.24) is 20.3 Å². The molecule has 1 aromatic heterocycles. The van der Waals surface area contributed by atoms with Crippen molar-refractivity contribution in [3.05, 3.63) is 66.4 Å². The van der Waals surface area contributed by atoms with Crippen LogP contribution in [0, 0.1) is 5.92 Å². The van der Waals surface area contributed by atoms with Gasteiger partial charge in [0.25, 0.3) is 5.91 Å². The van der Waals surface area contributed by atoms with E-state index < -0.39 is 0 Å². The minimum atomic E-state index is -0.158. The Morgan fingerprint density at radius 3 is 2.25 bits per heavy atom. The zero-order chi connectivity index (χ0) is 19.3. The van der Waals surface area contributed by atoms with Crippen LogP contribution in [0.1, 0.15) is 23.3 Å². The highest BCUT2D eigenvalue weighted by atomic mass is 16.2. The Hall–Kier alpha value is -3.48. The van der Waals surface area contributed by atoms with Crippen LogP contribution in [-0.4, -0.2) is 45.2 Å². The number of hydrogen-bond acceptors (Lipinski definition) is 4. The second-order valence-corrected chi connectivity index (χ2v) is 6.81. The largest absolute Gasteiger partial charge is 0.337 e. The Balaban J connectivity index is 1.39. The molecule has 0 unspecified atom stereocenters. The van der Waals surface area contributed by atoms with Crippen molar-refractivity contribution in [2.45, 2.75) is 12.8 Å². The molecular formula is C21H21N5O2. The predicted octanol–water partition coefficient (Wildman–Crippen LogP) is 2.96. The van der Waals surface area contributed by atoms with Crippen molar-refractivity contribution >= 4 is 17.5 Å². The van der Waals surface area contributed by atoms with Crippen LogP contribution in [0.4, 0.5) is 5.69 Å². The van der Waals surface area contributed by atoms with E-state index in [0.717, 1.165) is 11.3 Å². The lowest BCUT2D eigenvalue weighted by Gasteiger charge is -2.31. The first kappa shape index (κ1) is 17.9. The number of carbonyl (C=O) groups excluding carboxylic acids is 2. The summed E-state index contributed by atoms with van der Waals surface area (Å²) < 4.78 is 0. The molecule has 0 radical (unpaired) electrons. The van der Waals surface area contributed by atoms with Crippen LogP contribution in [0.2, 0.25) is 0 Å². The van der Waals surface area contributed by atoms with Gasteiger partial charge < -0.3 is 10.2 Å². The fourth-order valence-corrected chi connectivity index (χ4v) is 3.44. The lowest BCUT2D eigenvalue weighted by Crippen LogP contribution is -2.41. The molecule has 2 N–H and O–H groups in total. The maximum atomic E-state index is 12.9. The number of aromatic nitrogens is 3. The molecule has 4 rings (SSSR count). The average Bonchev–Trinajstić information content (AvgIpc) is 3.24. The SMILES string of the molecule is O=C(Nc1ccccc1)C1CCN(C(=O)c2n[nH]nc2-c2ccccc2)CC1. The van der Waals surface area contributed by atoms with E-state index in [4.69, 9.17) is 0 Å². The molecular weight excluding hydrogens is 354 g/mol. The normalized spacial score (nSPS) is 14.6. The Morgan fingerprint density at radius 2 is 1.57 bits per heavy atom. The van der Waals surface area contributed by atoms with E-state index in [1.807, 2.05) is 60.7 Å². The van der Waals surface area contributed by atoms with Crippen molar-refractivity contribution < 1.29 is 9.59 Å². The van der Waals surface area contributed by atoms with E-state index in [1.165, 1.54) is 0 Å². The molecule has 0 atom stereocenters. The number of rotatable bonds is 4.